The zero-order chi connectivity index (χ0) is 13.8. The molecule has 1 aliphatic rings. The van der Waals surface area contributed by atoms with Gasteiger partial charge in [-0.3, -0.25) is 4.79 Å². The van der Waals surface area contributed by atoms with Crippen LogP contribution in [-0.4, -0.2) is 19.1 Å². The minimum atomic E-state index is -0.152. The van der Waals surface area contributed by atoms with Gasteiger partial charge < -0.3 is 10.1 Å². The first-order chi connectivity index (χ1) is 9.11. The molecule has 0 bridgehead atoms. The van der Waals surface area contributed by atoms with Crippen molar-refractivity contribution in [3.8, 4) is 0 Å². The Hall–Kier alpha value is -1.06. The predicted octanol–water partition coefficient (Wildman–Crippen LogP) is 3.33. The molecule has 0 radical (unpaired) electrons. The molecule has 0 spiro atoms. The van der Waals surface area contributed by atoms with Crippen molar-refractivity contribution < 1.29 is 9.53 Å². The number of amides is 1. The van der Waals surface area contributed by atoms with Crippen molar-refractivity contribution >= 4 is 17.5 Å². The molecular formula is C15H20ClNO2. The van der Waals surface area contributed by atoms with Crippen LogP contribution in [0.15, 0.2) is 24.3 Å². The van der Waals surface area contributed by atoms with Crippen molar-refractivity contribution in [2.24, 2.45) is 5.92 Å². The van der Waals surface area contributed by atoms with Gasteiger partial charge in [0.25, 0.3) is 0 Å². The first-order valence-electron chi connectivity index (χ1n) is 6.70. The van der Waals surface area contributed by atoms with E-state index in [0.29, 0.717) is 5.02 Å². The number of methoxy groups -OCH3 is 1. The van der Waals surface area contributed by atoms with E-state index in [1.165, 1.54) is 0 Å². The molecule has 1 amide bonds. The van der Waals surface area contributed by atoms with E-state index >= 15 is 0 Å². The molecule has 2 rings (SSSR count). The van der Waals surface area contributed by atoms with Crippen LogP contribution in [0, 0.1) is 5.92 Å². The van der Waals surface area contributed by atoms with E-state index in [1.54, 1.807) is 7.11 Å². The standard InChI is InChI=1S/C15H20ClNO2/c1-10(17-15(18)12-4-3-5-12)14(19-2)11-6-8-13(16)9-7-11/h6-10,12,14H,3-5H2,1-2H3,(H,17,18). The SMILES string of the molecule is COC(c1ccc(Cl)cc1)C(C)NC(=O)C1CCC1. The minimum Gasteiger partial charge on any atom is -0.375 e. The number of nitrogens with one attached hydrogen (secondary N) is 1. The van der Waals surface area contributed by atoms with Gasteiger partial charge in [0.05, 0.1) is 6.04 Å². The Kier molecular flexibility index (Phi) is 4.83. The quantitative estimate of drug-likeness (QED) is 0.899. The Labute approximate surface area is 119 Å². The highest BCUT2D eigenvalue weighted by atomic mass is 35.5. The predicted molar refractivity (Wildman–Crippen MR) is 76.1 cm³/mol. The second-order valence-electron chi connectivity index (χ2n) is 5.13. The fourth-order valence-corrected chi connectivity index (χ4v) is 2.50. The number of carbonyl (C=O) groups excluding carboxylic acids is 1. The first kappa shape index (κ1) is 14.4. The molecule has 104 valence electrons. The summed E-state index contributed by atoms with van der Waals surface area (Å²) < 4.78 is 5.51. The van der Waals surface area contributed by atoms with Crippen LogP contribution in [0.5, 0.6) is 0 Å². The van der Waals surface area contributed by atoms with Crippen LogP contribution in [0.1, 0.15) is 37.9 Å². The Bertz CT molecular complexity index is 428. The lowest BCUT2D eigenvalue weighted by atomic mass is 9.84. The monoisotopic (exact) mass is 281 g/mol. The molecule has 4 heteroatoms. The Morgan fingerprint density at radius 1 is 1.37 bits per heavy atom. The summed E-state index contributed by atoms with van der Waals surface area (Å²) >= 11 is 5.88. The van der Waals surface area contributed by atoms with Crippen LogP contribution < -0.4 is 5.32 Å². The van der Waals surface area contributed by atoms with Crippen LogP contribution in [0.4, 0.5) is 0 Å². The molecule has 0 heterocycles. The number of hydrogen-bond acceptors (Lipinski definition) is 2. The first-order valence-corrected chi connectivity index (χ1v) is 7.08. The number of rotatable bonds is 5. The normalized spacial score (nSPS) is 18.5. The molecule has 0 aliphatic heterocycles. The number of hydrogen-bond donors (Lipinski definition) is 1. The highest BCUT2D eigenvalue weighted by molar-refractivity contribution is 6.30. The van der Waals surface area contributed by atoms with E-state index in [0.717, 1.165) is 24.8 Å². The maximum Gasteiger partial charge on any atom is 0.223 e. The summed E-state index contributed by atoms with van der Waals surface area (Å²) in [5.41, 5.74) is 1.02. The van der Waals surface area contributed by atoms with E-state index in [-0.39, 0.29) is 24.0 Å². The Morgan fingerprint density at radius 3 is 2.47 bits per heavy atom. The number of ether oxygens (including phenoxy) is 1. The number of benzene rings is 1. The molecule has 1 N–H and O–H groups in total. The summed E-state index contributed by atoms with van der Waals surface area (Å²) in [6, 6.07) is 7.48. The Balaban J connectivity index is 1.99. The van der Waals surface area contributed by atoms with Crippen LogP contribution in [0.3, 0.4) is 0 Å². The van der Waals surface area contributed by atoms with E-state index in [2.05, 4.69) is 5.32 Å². The average Bonchev–Trinajstić information content (AvgIpc) is 2.30. The molecule has 0 saturated heterocycles. The largest absolute Gasteiger partial charge is 0.375 e. The Morgan fingerprint density at radius 2 is 2.00 bits per heavy atom. The van der Waals surface area contributed by atoms with Gasteiger partial charge in [-0.1, -0.05) is 30.2 Å². The highest BCUT2D eigenvalue weighted by Crippen LogP contribution is 2.28. The molecule has 2 atom stereocenters. The third-order valence-corrected chi connectivity index (χ3v) is 4.00. The summed E-state index contributed by atoms with van der Waals surface area (Å²) in [6.45, 7) is 1.97. The second kappa shape index (κ2) is 6.40. The summed E-state index contributed by atoms with van der Waals surface area (Å²) in [7, 11) is 1.66. The molecule has 2 unspecified atom stereocenters. The van der Waals surface area contributed by atoms with Gasteiger partial charge in [-0.25, -0.2) is 0 Å². The topological polar surface area (TPSA) is 38.3 Å². The van der Waals surface area contributed by atoms with Gasteiger partial charge in [0, 0.05) is 18.1 Å². The second-order valence-corrected chi connectivity index (χ2v) is 5.57. The van der Waals surface area contributed by atoms with Gasteiger partial charge >= 0.3 is 0 Å². The van der Waals surface area contributed by atoms with Gasteiger partial charge in [-0.05, 0) is 37.5 Å². The molecule has 1 aliphatic carbocycles. The molecule has 1 aromatic rings. The number of halogens is 1. The van der Waals surface area contributed by atoms with Crippen molar-refractivity contribution in [2.45, 2.75) is 38.3 Å². The highest BCUT2D eigenvalue weighted by Gasteiger charge is 2.28. The summed E-state index contributed by atoms with van der Waals surface area (Å²) in [6.07, 6.45) is 3.03. The van der Waals surface area contributed by atoms with E-state index < -0.39 is 0 Å². The lowest BCUT2D eigenvalue weighted by Gasteiger charge is -2.29. The molecule has 1 saturated carbocycles. The fourth-order valence-electron chi connectivity index (χ4n) is 2.37. The zero-order valence-corrected chi connectivity index (χ0v) is 12.1. The van der Waals surface area contributed by atoms with Crippen molar-refractivity contribution in [2.75, 3.05) is 7.11 Å². The van der Waals surface area contributed by atoms with Crippen molar-refractivity contribution in [1.82, 2.24) is 5.32 Å². The van der Waals surface area contributed by atoms with Gasteiger partial charge in [0.1, 0.15) is 6.10 Å². The number of carbonyl (C=O) groups is 1. The van der Waals surface area contributed by atoms with Gasteiger partial charge in [-0.15, -0.1) is 0 Å². The molecule has 3 nitrogen and oxygen atoms in total. The minimum absolute atomic E-state index is 0.0562. The summed E-state index contributed by atoms with van der Waals surface area (Å²) in [5.74, 6) is 0.347. The lowest BCUT2D eigenvalue weighted by molar-refractivity contribution is -0.129. The lowest BCUT2D eigenvalue weighted by Crippen LogP contribution is -2.42. The summed E-state index contributed by atoms with van der Waals surface area (Å²) in [4.78, 5) is 12.0. The average molecular weight is 282 g/mol. The molecule has 0 aromatic heterocycles. The van der Waals surface area contributed by atoms with Gasteiger partial charge in [-0.2, -0.15) is 0 Å². The van der Waals surface area contributed by atoms with Crippen molar-refractivity contribution in [3.63, 3.8) is 0 Å². The van der Waals surface area contributed by atoms with Gasteiger partial charge in [0.2, 0.25) is 5.91 Å². The zero-order valence-electron chi connectivity index (χ0n) is 11.4. The van der Waals surface area contributed by atoms with Gasteiger partial charge in [0.15, 0.2) is 0 Å². The van der Waals surface area contributed by atoms with E-state index in [4.69, 9.17) is 16.3 Å². The van der Waals surface area contributed by atoms with Crippen LogP contribution in [0.2, 0.25) is 5.02 Å². The van der Waals surface area contributed by atoms with Crippen molar-refractivity contribution in [3.05, 3.63) is 34.9 Å². The molecule has 1 fully saturated rings. The molecular weight excluding hydrogens is 262 g/mol. The van der Waals surface area contributed by atoms with E-state index in [9.17, 15) is 4.79 Å². The molecule has 1 aromatic carbocycles. The maximum atomic E-state index is 12.0. The van der Waals surface area contributed by atoms with Crippen LogP contribution >= 0.6 is 11.6 Å². The van der Waals surface area contributed by atoms with E-state index in [1.807, 2.05) is 31.2 Å². The molecule has 19 heavy (non-hydrogen) atoms. The smallest absolute Gasteiger partial charge is 0.223 e. The maximum absolute atomic E-state index is 12.0. The van der Waals surface area contributed by atoms with Crippen LogP contribution in [0.25, 0.3) is 0 Å². The fraction of sp³-hybridized carbons (Fsp3) is 0.533. The summed E-state index contributed by atoms with van der Waals surface area (Å²) in [5, 5.41) is 3.75. The third kappa shape index (κ3) is 3.48. The van der Waals surface area contributed by atoms with Crippen LogP contribution in [-0.2, 0) is 9.53 Å². The third-order valence-electron chi connectivity index (χ3n) is 3.75. The van der Waals surface area contributed by atoms with Crippen molar-refractivity contribution in [1.29, 1.82) is 0 Å².